The molecule has 9 heteroatoms. The summed E-state index contributed by atoms with van der Waals surface area (Å²) in [5.41, 5.74) is 2.33. The Morgan fingerprint density at radius 3 is 2.56 bits per heavy atom. The number of fused-ring (bicyclic) bond motifs is 1. The van der Waals surface area contributed by atoms with Crippen molar-refractivity contribution < 1.29 is 19.1 Å². The number of aryl methyl sites for hydroxylation is 1. The number of nitrogens with zero attached hydrogens (tertiary/aromatic N) is 2. The molecule has 1 aliphatic rings. The first-order chi connectivity index (χ1) is 16.4. The highest BCUT2D eigenvalue weighted by Gasteiger charge is 2.22. The van der Waals surface area contributed by atoms with Crippen LogP contribution in [-0.2, 0) is 22.4 Å². The van der Waals surface area contributed by atoms with Gasteiger partial charge in [0.2, 0.25) is 11.8 Å². The van der Waals surface area contributed by atoms with Crippen LogP contribution in [0.25, 0.3) is 0 Å². The molecule has 1 aromatic carbocycles. The zero-order chi connectivity index (χ0) is 24.5. The molecule has 0 saturated carbocycles. The van der Waals surface area contributed by atoms with Crippen molar-refractivity contribution in [2.75, 3.05) is 44.0 Å². The molecule has 8 nitrogen and oxygen atoms in total. The minimum atomic E-state index is -0.188. The van der Waals surface area contributed by atoms with Gasteiger partial charge in [0.25, 0.3) is 0 Å². The number of anilines is 2. The molecule has 0 bridgehead atoms. The molecule has 2 N–H and O–H groups in total. The number of thiophene rings is 1. The van der Waals surface area contributed by atoms with Crippen LogP contribution >= 0.6 is 11.3 Å². The van der Waals surface area contributed by atoms with E-state index in [1.807, 2.05) is 13.8 Å². The summed E-state index contributed by atoms with van der Waals surface area (Å²) in [6, 6.07) is 7.55. The number of likely N-dealkylation sites (N-methyl/N-ethyl adjacent to an activating group) is 1. The molecule has 1 heterocycles. The summed E-state index contributed by atoms with van der Waals surface area (Å²) in [5, 5.41) is 16.0. The van der Waals surface area contributed by atoms with E-state index in [4.69, 9.17) is 9.47 Å². The van der Waals surface area contributed by atoms with E-state index >= 15 is 0 Å². The van der Waals surface area contributed by atoms with Crippen molar-refractivity contribution in [3.63, 3.8) is 0 Å². The van der Waals surface area contributed by atoms with Crippen LogP contribution < -0.4 is 20.1 Å². The fourth-order valence-corrected chi connectivity index (χ4v) is 5.16. The van der Waals surface area contributed by atoms with Gasteiger partial charge < -0.3 is 20.1 Å². The normalized spacial score (nSPS) is 12.6. The second kappa shape index (κ2) is 12.4. The van der Waals surface area contributed by atoms with Gasteiger partial charge in [-0.3, -0.25) is 14.5 Å². The molecule has 2 aromatic rings. The van der Waals surface area contributed by atoms with Crippen molar-refractivity contribution >= 4 is 33.8 Å². The van der Waals surface area contributed by atoms with Gasteiger partial charge in [-0.2, -0.15) is 5.26 Å². The predicted molar refractivity (Wildman–Crippen MR) is 134 cm³/mol. The lowest BCUT2D eigenvalue weighted by molar-refractivity contribution is -0.119. The molecule has 0 saturated heterocycles. The number of ether oxygens (including phenoxy) is 2. The SMILES string of the molecule is CCOc1ccc(NC(=O)CN(C)CCC(=O)Nc2sc3c(c2C#N)CCCC3)cc1OCC. The number of carbonyl (C=O) groups is 2. The highest BCUT2D eigenvalue weighted by molar-refractivity contribution is 7.16. The van der Waals surface area contributed by atoms with Crippen LogP contribution in [0.4, 0.5) is 10.7 Å². The Morgan fingerprint density at radius 1 is 1.09 bits per heavy atom. The number of nitriles is 1. The van der Waals surface area contributed by atoms with E-state index in [1.54, 1.807) is 30.1 Å². The first kappa shape index (κ1) is 25.5. The van der Waals surface area contributed by atoms with Crippen molar-refractivity contribution in [2.45, 2.75) is 46.0 Å². The molecule has 0 fully saturated rings. The van der Waals surface area contributed by atoms with Gasteiger partial charge in [0, 0.05) is 29.6 Å². The van der Waals surface area contributed by atoms with Crippen LogP contribution in [0.3, 0.4) is 0 Å². The van der Waals surface area contributed by atoms with Crippen LogP contribution in [0.2, 0.25) is 0 Å². The molecule has 2 amide bonds. The number of benzene rings is 1. The van der Waals surface area contributed by atoms with E-state index in [-0.39, 0.29) is 24.8 Å². The second-order valence-corrected chi connectivity index (χ2v) is 9.24. The Hall–Kier alpha value is -3.09. The lowest BCUT2D eigenvalue weighted by Gasteiger charge is -2.17. The molecule has 182 valence electrons. The highest BCUT2D eigenvalue weighted by atomic mass is 32.1. The van der Waals surface area contributed by atoms with E-state index in [0.29, 0.717) is 47.5 Å². The number of nitrogens with one attached hydrogen (secondary N) is 2. The van der Waals surface area contributed by atoms with Gasteiger partial charge in [-0.05, 0) is 64.3 Å². The number of amides is 2. The lowest BCUT2D eigenvalue weighted by Crippen LogP contribution is -2.32. The Labute approximate surface area is 204 Å². The van der Waals surface area contributed by atoms with Gasteiger partial charge in [-0.25, -0.2) is 0 Å². The van der Waals surface area contributed by atoms with E-state index in [9.17, 15) is 14.9 Å². The van der Waals surface area contributed by atoms with Crippen molar-refractivity contribution in [3.8, 4) is 17.6 Å². The topological polar surface area (TPSA) is 104 Å². The summed E-state index contributed by atoms with van der Waals surface area (Å²) < 4.78 is 11.1. The van der Waals surface area contributed by atoms with E-state index in [0.717, 1.165) is 31.2 Å². The summed E-state index contributed by atoms with van der Waals surface area (Å²) in [5.74, 6) is 0.873. The summed E-state index contributed by atoms with van der Waals surface area (Å²) in [6.07, 6.45) is 4.32. The number of rotatable bonds is 11. The monoisotopic (exact) mass is 484 g/mol. The van der Waals surface area contributed by atoms with Crippen LogP contribution in [0, 0.1) is 11.3 Å². The first-order valence-electron chi connectivity index (χ1n) is 11.7. The third kappa shape index (κ3) is 6.72. The third-order valence-electron chi connectivity index (χ3n) is 5.50. The van der Waals surface area contributed by atoms with Crippen molar-refractivity contribution in [1.82, 2.24) is 4.90 Å². The molecule has 0 spiro atoms. The highest BCUT2D eigenvalue weighted by Crippen LogP contribution is 2.37. The minimum absolute atomic E-state index is 0.140. The Kier molecular flexibility index (Phi) is 9.31. The van der Waals surface area contributed by atoms with Gasteiger partial charge in [0.15, 0.2) is 11.5 Å². The van der Waals surface area contributed by atoms with E-state index in [1.165, 1.54) is 16.2 Å². The summed E-state index contributed by atoms with van der Waals surface area (Å²) in [6.45, 7) is 5.36. The second-order valence-electron chi connectivity index (χ2n) is 8.14. The predicted octanol–water partition coefficient (Wildman–Crippen LogP) is 4.20. The summed E-state index contributed by atoms with van der Waals surface area (Å²) in [4.78, 5) is 28.0. The Balaban J connectivity index is 1.48. The molecule has 0 atom stereocenters. The van der Waals surface area contributed by atoms with E-state index < -0.39 is 0 Å². The Morgan fingerprint density at radius 2 is 1.82 bits per heavy atom. The first-order valence-corrected chi connectivity index (χ1v) is 12.5. The largest absolute Gasteiger partial charge is 0.490 e. The summed E-state index contributed by atoms with van der Waals surface area (Å²) >= 11 is 1.52. The quantitative estimate of drug-likeness (QED) is 0.496. The van der Waals surface area contributed by atoms with Crippen LogP contribution in [-0.4, -0.2) is 50.1 Å². The van der Waals surface area contributed by atoms with Gasteiger partial charge in [0.05, 0.1) is 25.3 Å². The molecular formula is C25H32N4O4S. The maximum Gasteiger partial charge on any atom is 0.238 e. The average Bonchev–Trinajstić information content (AvgIpc) is 3.16. The van der Waals surface area contributed by atoms with Crippen LogP contribution in [0.15, 0.2) is 18.2 Å². The maximum absolute atomic E-state index is 12.5. The molecule has 3 rings (SSSR count). The maximum atomic E-state index is 12.5. The molecule has 0 radical (unpaired) electrons. The van der Waals surface area contributed by atoms with Gasteiger partial charge in [-0.15, -0.1) is 11.3 Å². The fourth-order valence-electron chi connectivity index (χ4n) is 3.91. The molecular weight excluding hydrogens is 452 g/mol. The molecule has 0 unspecified atom stereocenters. The summed E-state index contributed by atoms with van der Waals surface area (Å²) in [7, 11) is 1.79. The molecule has 0 aliphatic heterocycles. The van der Waals surface area contributed by atoms with Gasteiger partial charge in [-0.1, -0.05) is 0 Å². The lowest BCUT2D eigenvalue weighted by atomic mass is 9.96. The van der Waals surface area contributed by atoms with Crippen molar-refractivity contribution in [1.29, 1.82) is 5.26 Å². The van der Waals surface area contributed by atoms with Gasteiger partial charge >= 0.3 is 0 Å². The van der Waals surface area contributed by atoms with Gasteiger partial charge in [0.1, 0.15) is 11.1 Å². The zero-order valence-corrected chi connectivity index (χ0v) is 20.8. The standard InChI is InChI=1S/C25H32N4O4S/c1-4-32-20-11-10-17(14-21(20)33-5-2)27-24(31)16-29(3)13-12-23(30)28-25-19(15-26)18-8-6-7-9-22(18)34-25/h10-11,14H,4-9,12-13,16H2,1-3H3,(H,27,31)(H,28,30). The average molecular weight is 485 g/mol. The molecule has 1 aromatic heterocycles. The van der Waals surface area contributed by atoms with Crippen molar-refractivity contribution in [2.24, 2.45) is 0 Å². The Bertz CT molecular complexity index is 1060. The molecule has 34 heavy (non-hydrogen) atoms. The zero-order valence-electron chi connectivity index (χ0n) is 20.0. The number of hydrogen-bond donors (Lipinski definition) is 2. The number of hydrogen-bond acceptors (Lipinski definition) is 7. The van der Waals surface area contributed by atoms with Crippen LogP contribution in [0.1, 0.15) is 49.1 Å². The minimum Gasteiger partial charge on any atom is -0.490 e. The van der Waals surface area contributed by atoms with Crippen molar-refractivity contribution in [3.05, 3.63) is 34.2 Å². The molecule has 1 aliphatic carbocycles. The smallest absolute Gasteiger partial charge is 0.238 e. The number of carbonyl (C=O) groups excluding carboxylic acids is 2. The van der Waals surface area contributed by atoms with Crippen LogP contribution in [0.5, 0.6) is 11.5 Å². The fraction of sp³-hybridized carbons (Fsp3) is 0.480. The third-order valence-corrected chi connectivity index (χ3v) is 6.70. The van der Waals surface area contributed by atoms with E-state index in [2.05, 4.69) is 16.7 Å².